The predicted octanol–water partition coefficient (Wildman–Crippen LogP) is 1.56. The topological polar surface area (TPSA) is 102 Å². The first-order chi connectivity index (χ1) is 11.2. The highest BCUT2D eigenvalue weighted by atomic mass is 32.2. The third-order valence-electron chi connectivity index (χ3n) is 3.57. The molecule has 4 rings (SSSR count). The van der Waals surface area contributed by atoms with Crippen molar-refractivity contribution in [2.75, 3.05) is 23.4 Å². The maximum atomic E-state index is 12.2. The molecule has 2 aliphatic heterocycles. The number of nitrogens with one attached hydrogen (secondary N) is 1. The Bertz CT molecular complexity index is 804. The predicted molar refractivity (Wildman–Crippen MR) is 91.4 cm³/mol. The van der Waals surface area contributed by atoms with Crippen molar-refractivity contribution in [3.63, 3.8) is 0 Å². The highest BCUT2D eigenvalue weighted by Gasteiger charge is 2.27. The molecule has 1 atom stereocenters. The number of aromatic nitrogens is 2. The van der Waals surface area contributed by atoms with Crippen LogP contribution < -0.4 is 15.8 Å². The lowest BCUT2D eigenvalue weighted by atomic mass is 10.1. The molecule has 1 aromatic heterocycles. The Kier molecular flexibility index (Phi) is 3.66. The molecule has 1 aromatic carbocycles. The van der Waals surface area contributed by atoms with Gasteiger partial charge in [0.2, 0.25) is 11.1 Å². The number of rotatable bonds is 3. The van der Waals surface area contributed by atoms with Crippen molar-refractivity contribution in [1.82, 2.24) is 9.36 Å². The number of carbonyl (C=O) groups excluding carboxylic acids is 1. The summed E-state index contributed by atoms with van der Waals surface area (Å²) in [5, 5.41) is 3.85. The van der Waals surface area contributed by atoms with Gasteiger partial charge in [0.15, 0.2) is 0 Å². The van der Waals surface area contributed by atoms with Crippen molar-refractivity contribution in [2.24, 2.45) is 4.99 Å². The summed E-state index contributed by atoms with van der Waals surface area (Å²) in [6.45, 7) is 0.729. The number of carbonyl (C=O) groups is 1. The number of nitrogen functional groups attached to an aromatic ring is 1. The molecule has 7 nitrogen and oxygen atoms in total. The number of amides is 1. The first-order valence-corrected chi connectivity index (χ1v) is 8.82. The van der Waals surface area contributed by atoms with Crippen LogP contribution in [0.4, 0.5) is 11.1 Å². The van der Waals surface area contributed by atoms with Gasteiger partial charge in [0.25, 0.3) is 5.91 Å². The molecule has 0 aliphatic carbocycles. The third kappa shape index (κ3) is 2.89. The van der Waals surface area contributed by atoms with Gasteiger partial charge in [0.1, 0.15) is 11.8 Å². The number of hydrogen-bond donors (Lipinski definition) is 2. The molecule has 0 spiro atoms. The molecule has 2 aromatic rings. The number of thioether (sulfide) groups is 1. The second kappa shape index (κ2) is 5.82. The zero-order chi connectivity index (χ0) is 15.8. The molecule has 1 amide bonds. The summed E-state index contributed by atoms with van der Waals surface area (Å²) in [6, 6.07) is 5.61. The maximum absolute atomic E-state index is 12.2. The van der Waals surface area contributed by atoms with E-state index in [0.717, 1.165) is 40.9 Å². The van der Waals surface area contributed by atoms with Crippen LogP contribution in [-0.2, 0) is 11.2 Å². The van der Waals surface area contributed by atoms with Gasteiger partial charge in [-0.15, -0.1) is 11.8 Å². The second-order valence-corrected chi connectivity index (χ2v) is 6.92. The van der Waals surface area contributed by atoms with E-state index in [4.69, 9.17) is 10.5 Å². The molecule has 2 aliphatic rings. The molecule has 23 heavy (non-hydrogen) atoms. The summed E-state index contributed by atoms with van der Waals surface area (Å²) in [5.41, 5.74) is 7.73. The van der Waals surface area contributed by atoms with E-state index in [0.29, 0.717) is 10.9 Å². The molecule has 0 saturated heterocycles. The highest BCUT2D eigenvalue weighted by molar-refractivity contribution is 8.14. The van der Waals surface area contributed by atoms with Crippen LogP contribution in [0.25, 0.3) is 0 Å². The van der Waals surface area contributed by atoms with Gasteiger partial charge in [0, 0.05) is 29.3 Å². The Morgan fingerprint density at radius 3 is 3.17 bits per heavy atom. The highest BCUT2D eigenvalue weighted by Crippen LogP contribution is 2.30. The van der Waals surface area contributed by atoms with Crippen molar-refractivity contribution >= 4 is 45.3 Å². The van der Waals surface area contributed by atoms with E-state index in [9.17, 15) is 4.79 Å². The number of nitrogens with two attached hydrogens (primary N) is 1. The van der Waals surface area contributed by atoms with Gasteiger partial charge >= 0.3 is 0 Å². The van der Waals surface area contributed by atoms with E-state index >= 15 is 0 Å². The largest absolute Gasteiger partial charge is 0.493 e. The minimum atomic E-state index is -0.441. The van der Waals surface area contributed by atoms with E-state index in [1.807, 2.05) is 12.1 Å². The Morgan fingerprint density at radius 2 is 2.35 bits per heavy atom. The average molecular weight is 347 g/mol. The van der Waals surface area contributed by atoms with Gasteiger partial charge in [-0.2, -0.15) is 9.36 Å². The number of nitrogens with zero attached hydrogens (tertiary/aromatic N) is 3. The molecule has 0 radical (unpaired) electrons. The summed E-state index contributed by atoms with van der Waals surface area (Å²) < 4.78 is 9.46. The molecule has 0 bridgehead atoms. The quantitative estimate of drug-likeness (QED) is 0.873. The minimum absolute atomic E-state index is 0.213. The van der Waals surface area contributed by atoms with Crippen LogP contribution in [-0.4, -0.2) is 38.7 Å². The second-order valence-electron chi connectivity index (χ2n) is 5.13. The Hall–Kier alpha value is -2.13. The van der Waals surface area contributed by atoms with Crippen molar-refractivity contribution < 1.29 is 9.53 Å². The molecule has 0 saturated carbocycles. The Morgan fingerprint density at radius 1 is 1.43 bits per heavy atom. The van der Waals surface area contributed by atoms with Gasteiger partial charge in [0.05, 0.1) is 11.7 Å². The fourth-order valence-electron chi connectivity index (χ4n) is 2.47. The van der Waals surface area contributed by atoms with E-state index < -0.39 is 6.04 Å². The number of ether oxygens (including phenoxy) is 1. The molecule has 1 unspecified atom stereocenters. The summed E-state index contributed by atoms with van der Waals surface area (Å²) in [5.74, 6) is 1.57. The van der Waals surface area contributed by atoms with Crippen LogP contribution in [0.2, 0.25) is 0 Å². The lowest BCUT2D eigenvalue weighted by molar-refractivity contribution is -0.116. The fraction of sp³-hybridized carbons (Fsp3) is 0.286. The normalized spacial score (nSPS) is 19.1. The first-order valence-electron chi connectivity index (χ1n) is 7.06. The monoisotopic (exact) mass is 347 g/mol. The third-order valence-corrected chi connectivity index (χ3v) is 5.21. The van der Waals surface area contributed by atoms with Crippen LogP contribution in [0.5, 0.6) is 5.75 Å². The van der Waals surface area contributed by atoms with Crippen LogP contribution >= 0.6 is 23.3 Å². The van der Waals surface area contributed by atoms with Gasteiger partial charge in [-0.05, 0) is 23.8 Å². The van der Waals surface area contributed by atoms with Crippen molar-refractivity contribution in [3.05, 3.63) is 29.3 Å². The van der Waals surface area contributed by atoms with E-state index in [-0.39, 0.29) is 11.9 Å². The lowest BCUT2D eigenvalue weighted by Gasteiger charge is -2.04. The SMILES string of the molecule is Nc1nc(NC(=O)C2CSC(c3ccc4c(c3)CCO4)=N2)ns1. The number of benzene rings is 1. The summed E-state index contributed by atoms with van der Waals surface area (Å²) in [4.78, 5) is 20.7. The minimum Gasteiger partial charge on any atom is -0.493 e. The summed E-state index contributed by atoms with van der Waals surface area (Å²) >= 11 is 2.63. The fourth-order valence-corrected chi connectivity index (χ4v) is 3.90. The molecule has 9 heteroatoms. The van der Waals surface area contributed by atoms with Crippen LogP contribution in [0.1, 0.15) is 11.1 Å². The number of fused-ring (bicyclic) bond motifs is 1. The molecular formula is C14H13N5O2S2. The number of anilines is 2. The van der Waals surface area contributed by atoms with Crippen molar-refractivity contribution in [2.45, 2.75) is 12.5 Å². The molecular weight excluding hydrogens is 334 g/mol. The number of aliphatic imine (C=N–C) groups is 1. The Labute approximate surface area is 140 Å². The molecule has 118 valence electrons. The molecule has 0 fully saturated rings. The van der Waals surface area contributed by atoms with E-state index in [1.54, 1.807) is 11.8 Å². The van der Waals surface area contributed by atoms with Gasteiger partial charge < -0.3 is 10.5 Å². The van der Waals surface area contributed by atoms with Crippen LogP contribution in [0.15, 0.2) is 23.2 Å². The van der Waals surface area contributed by atoms with E-state index in [2.05, 4.69) is 25.7 Å². The Balaban J connectivity index is 1.49. The van der Waals surface area contributed by atoms with E-state index in [1.165, 1.54) is 5.56 Å². The van der Waals surface area contributed by atoms with Crippen LogP contribution in [0, 0.1) is 0 Å². The molecule has 3 heterocycles. The number of hydrogen-bond acceptors (Lipinski definition) is 8. The van der Waals surface area contributed by atoms with Crippen molar-refractivity contribution in [1.29, 1.82) is 0 Å². The first kappa shape index (κ1) is 14.5. The average Bonchev–Trinajstić information content (AvgIpc) is 3.26. The summed E-state index contributed by atoms with van der Waals surface area (Å²) in [7, 11) is 0. The van der Waals surface area contributed by atoms with Crippen LogP contribution in [0.3, 0.4) is 0 Å². The van der Waals surface area contributed by atoms with Gasteiger partial charge in [-0.1, -0.05) is 0 Å². The zero-order valence-corrected chi connectivity index (χ0v) is 13.6. The van der Waals surface area contributed by atoms with Gasteiger partial charge in [-0.25, -0.2) is 0 Å². The maximum Gasteiger partial charge on any atom is 0.252 e. The van der Waals surface area contributed by atoms with Gasteiger partial charge in [-0.3, -0.25) is 15.1 Å². The molecule has 3 N–H and O–H groups in total. The lowest BCUT2D eigenvalue weighted by Crippen LogP contribution is -2.27. The summed E-state index contributed by atoms with van der Waals surface area (Å²) in [6.07, 6.45) is 0.919. The van der Waals surface area contributed by atoms with Crippen molar-refractivity contribution in [3.8, 4) is 5.75 Å². The standard InChI is InChI=1S/C14H13N5O2S2/c15-13-18-14(19-23-13)17-11(20)9-6-22-12(16-9)8-1-2-10-7(5-8)3-4-21-10/h1-2,5,9H,3-4,6H2,(H3,15,17,18,19,20). The smallest absolute Gasteiger partial charge is 0.252 e. The zero-order valence-electron chi connectivity index (χ0n) is 12.0.